The molecule has 0 spiro atoms. The Morgan fingerprint density at radius 1 is 1.56 bits per heavy atom. The average molecular weight is 225 g/mol. The van der Waals surface area contributed by atoms with Crippen molar-refractivity contribution in [1.82, 2.24) is 5.32 Å². The van der Waals surface area contributed by atoms with Crippen LogP contribution in [0.3, 0.4) is 0 Å². The second-order valence-electron chi connectivity index (χ2n) is 3.32. The minimum absolute atomic E-state index is 0.166. The van der Waals surface area contributed by atoms with E-state index in [1.807, 2.05) is 0 Å². The Morgan fingerprint density at radius 3 is 2.94 bits per heavy atom. The number of carboxylic acids is 1. The number of carbonyl (C=O) groups is 1. The van der Waals surface area contributed by atoms with Crippen LogP contribution in [0.5, 0.6) is 5.75 Å². The smallest absolute Gasteiger partial charge is 0.317 e. The normalized spacial score (nSPS) is 12.1. The predicted octanol–water partition coefficient (Wildman–Crippen LogP) is 0.403. The van der Waals surface area contributed by atoms with Crippen LogP contribution in [0.1, 0.15) is 11.7 Å². The van der Waals surface area contributed by atoms with E-state index in [-0.39, 0.29) is 13.1 Å². The maximum absolute atomic E-state index is 10.3. The van der Waals surface area contributed by atoms with E-state index >= 15 is 0 Å². The Kier molecular flexibility index (Phi) is 4.75. The van der Waals surface area contributed by atoms with E-state index in [1.165, 1.54) is 0 Å². The lowest BCUT2D eigenvalue weighted by atomic mass is 10.1. The summed E-state index contributed by atoms with van der Waals surface area (Å²) in [5.41, 5.74) is 0.692. The molecular formula is C11H15NO4. The molecule has 1 atom stereocenters. The molecule has 5 heteroatoms. The van der Waals surface area contributed by atoms with E-state index < -0.39 is 12.1 Å². The molecule has 88 valence electrons. The fourth-order valence-corrected chi connectivity index (χ4v) is 1.28. The third-order valence-corrected chi connectivity index (χ3v) is 2.09. The van der Waals surface area contributed by atoms with Gasteiger partial charge < -0.3 is 20.3 Å². The molecule has 0 radical (unpaired) electrons. The van der Waals surface area contributed by atoms with Gasteiger partial charge in [0.25, 0.3) is 0 Å². The van der Waals surface area contributed by atoms with Crippen LogP contribution < -0.4 is 10.1 Å². The van der Waals surface area contributed by atoms with Gasteiger partial charge in [-0.25, -0.2) is 0 Å². The van der Waals surface area contributed by atoms with Crippen LogP contribution >= 0.6 is 0 Å². The summed E-state index contributed by atoms with van der Waals surface area (Å²) in [4.78, 5) is 10.3. The molecule has 0 aliphatic heterocycles. The fraction of sp³-hybridized carbons (Fsp3) is 0.364. The topological polar surface area (TPSA) is 78.8 Å². The maximum atomic E-state index is 10.3. The van der Waals surface area contributed by atoms with Gasteiger partial charge in [0.1, 0.15) is 5.75 Å². The summed E-state index contributed by atoms with van der Waals surface area (Å²) in [5, 5.41) is 20.8. The van der Waals surface area contributed by atoms with Crippen molar-refractivity contribution in [3.63, 3.8) is 0 Å². The van der Waals surface area contributed by atoms with Crippen molar-refractivity contribution >= 4 is 5.97 Å². The first-order valence-corrected chi connectivity index (χ1v) is 4.88. The fourth-order valence-electron chi connectivity index (χ4n) is 1.28. The molecule has 3 N–H and O–H groups in total. The largest absolute Gasteiger partial charge is 0.497 e. The molecule has 0 saturated carbocycles. The number of aliphatic hydroxyl groups is 1. The molecule has 1 rings (SSSR count). The maximum Gasteiger partial charge on any atom is 0.317 e. The van der Waals surface area contributed by atoms with Crippen molar-refractivity contribution in [2.75, 3.05) is 20.2 Å². The van der Waals surface area contributed by atoms with Gasteiger partial charge in [0.15, 0.2) is 0 Å². The lowest BCUT2D eigenvalue weighted by Gasteiger charge is -2.12. The molecule has 0 heterocycles. The predicted molar refractivity (Wildman–Crippen MR) is 58.5 cm³/mol. The quantitative estimate of drug-likeness (QED) is 0.653. The van der Waals surface area contributed by atoms with E-state index in [2.05, 4.69) is 5.32 Å². The Balaban J connectivity index is 2.51. The number of aliphatic hydroxyl groups excluding tert-OH is 1. The second kappa shape index (κ2) is 6.09. The van der Waals surface area contributed by atoms with Gasteiger partial charge in [-0.05, 0) is 17.7 Å². The van der Waals surface area contributed by atoms with Crippen molar-refractivity contribution in [1.29, 1.82) is 0 Å². The number of methoxy groups -OCH3 is 1. The van der Waals surface area contributed by atoms with E-state index in [0.717, 1.165) is 0 Å². The van der Waals surface area contributed by atoms with E-state index in [0.29, 0.717) is 11.3 Å². The summed E-state index contributed by atoms with van der Waals surface area (Å²) in [6.07, 6.45) is -0.741. The zero-order valence-electron chi connectivity index (χ0n) is 9.01. The number of rotatable bonds is 6. The average Bonchev–Trinajstić information content (AvgIpc) is 2.28. The summed E-state index contributed by atoms with van der Waals surface area (Å²) in [6.45, 7) is 0.0283. The highest BCUT2D eigenvalue weighted by molar-refractivity contribution is 5.68. The summed E-state index contributed by atoms with van der Waals surface area (Å²) in [7, 11) is 1.55. The van der Waals surface area contributed by atoms with Gasteiger partial charge in [-0.3, -0.25) is 4.79 Å². The van der Waals surface area contributed by atoms with Gasteiger partial charge in [-0.15, -0.1) is 0 Å². The van der Waals surface area contributed by atoms with Crippen molar-refractivity contribution in [3.8, 4) is 5.75 Å². The number of benzene rings is 1. The molecular weight excluding hydrogens is 210 g/mol. The van der Waals surface area contributed by atoms with Gasteiger partial charge >= 0.3 is 5.97 Å². The number of hydrogen-bond donors (Lipinski definition) is 3. The van der Waals surface area contributed by atoms with Crippen molar-refractivity contribution in [3.05, 3.63) is 29.8 Å². The Labute approximate surface area is 93.7 Å². The van der Waals surface area contributed by atoms with Crippen LogP contribution in [0, 0.1) is 0 Å². The summed E-state index contributed by atoms with van der Waals surface area (Å²) in [5.74, 6) is -0.285. The molecule has 1 aromatic rings. The highest BCUT2D eigenvalue weighted by Crippen LogP contribution is 2.18. The summed E-state index contributed by atoms with van der Waals surface area (Å²) >= 11 is 0. The van der Waals surface area contributed by atoms with Crippen LogP contribution in [0.25, 0.3) is 0 Å². The number of hydrogen-bond acceptors (Lipinski definition) is 4. The molecule has 0 amide bonds. The number of nitrogens with one attached hydrogen (secondary N) is 1. The monoisotopic (exact) mass is 225 g/mol. The van der Waals surface area contributed by atoms with Crippen LogP contribution in [0.2, 0.25) is 0 Å². The second-order valence-corrected chi connectivity index (χ2v) is 3.32. The SMILES string of the molecule is COc1cccc(C(O)CNCC(=O)O)c1. The van der Waals surface area contributed by atoms with Gasteiger partial charge in [0.2, 0.25) is 0 Å². The molecule has 0 aliphatic carbocycles. The van der Waals surface area contributed by atoms with Crippen molar-refractivity contribution < 1.29 is 19.7 Å². The van der Waals surface area contributed by atoms with Crippen LogP contribution in [0.4, 0.5) is 0 Å². The van der Waals surface area contributed by atoms with Crippen molar-refractivity contribution in [2.24, 2.45) is 0 Å². The Bertz CT molecular complexity index is 354. The van der Waals surface area contributed by atoms with Gasteiger partial charge in [0, 0.05) is 6.54 Å². The molecule has 0 aromatic heterocycles. The minimum Gasteiger partial charge on any atom is -0.497 e. The van der Waals surface area contributed by atoms with Crippen LogP contribution in [-0.2, 0) is 4.79 Å². The standard InChI is InChI=1S/C11H15NO4/c1-16-9-4-2-3-8(5-9)10(13)6-12-7-11(14)15/h2-5,10,12-13H,6-7H2,1H3,(H,14,15). The van der Waals surface area contributed by atoms with Gasteiger partial charge in [-0.1, -0.05) is 12.1 Å². The Morgan fingerprint density at radius 2 is 2.31 bits per heavy atom. The highest BCUT2D eigenvalue weighted by Gasteiger charge is 2.08. The molecule has 16 heavy (non-hydrogen) atoms. The van der Waals surface area contributed by atoms with E-state index in [4.69, 9.17) is 9.84 Å². The lowest BCUT2D eigenvalue weighted by molar-refractivity contribution is -0.136. The molecule has 1 unspecified atom stereocenters. The van der Waals surface area contributed by atoms with Gasteiger partial charge in [-0.2, -0.15) is 0 Å². The van der Waals surface area contributed by atoms with E-state index in [9.17, 15) is 9.90 Å². The van der Waals surface area contributed by atoms with Crippen LogP contribution in [-0.4, -0.2) is 36.4 Å². The highest BCUT2D eigenvalue weighted by atomic mass is 16.5. The molecule has 0 bridgehead atoms. The Hall–Kier alpha value is -1.59. The van der Waals surface area contributed by atoms with Crippen molar-refractivity contribution in [2.45, 2.75) is 6.10 Å². The molecule has 0 aliphatic rings. The first-order valence-electron chi connectivity index (χ1n) is 4.88. The molecule has 1 aromatic carbocycles. The first kappa shape index (κ1) is 12.5. The summed E-state index contributed by atoms with van der Waals surface area (Å²) < 4.78 is 5.02. The first-order chi connectivity index (χ1) is 7.63. The molecule has 0 saturated heterocycles. The minimum atomic E-state index is -0.946. The number of carboxylic acid groups (broad SMARTS) is 1. The van der Waals surface area contributed by atoms with E-state index in [1.54, 1.807) is 31.4 Å². The molecule has 0 fully saturated rings. The number of aliphatic carboxylic acids is 1. The number of ether oxygens (including phenoxy) is 1. The summed E-state index contributed by atoms with van der Waals surface area (Å²) in [6, 6.07) is 7.03. The third-order valence-electron chi connectivity index (χ3n) is 2.09. The van der Waals surface area contributed by atoms with Gasteiger partial charge in [0.05, 0.1) is 19.8 Å². The zero-order chi connectivity index (χ0) is 12.0. The third kappa shape index (κ3) is 3.88. The molecule has 5 nitrogen and oxygen atoms in total. The lowest BCUT2D eigenvalue weighted by Crippen LogP contribution is -2.27. The van der Waals surface area contributed by atoms with Crippen LogP contribution in [0.15, 0.2) is 24.3 Å². The zero-order valence-corrected chi connectivity index (χ0v) is 9.01.